The molecule has 23 heavy (non-hydrogen) atoms. The number of likely N-dealkylation sites (N-methyl/N-ethyl adjacent to an activating group) is 1. The van der Waals surface area contributed by atoms with Crippen molar-refractivity contribution in [2.75, 3.05) is 20.6 Å². The maximum absolute atomic E-state index is 12.4. The summed E-state index contributed by atoms with van der Waals surface area (Å²) in [5.41, 5.74) is 2.05. The molecule has 0 fully saturated rings. The van der Waals surface area contributed by atoms with Gasteiger partial charge < -0.3 is 14.6 Å². The van der Waals surface area contributed by atoms with Crippen molar-refractivity contribution in [2.24, 2.45) is 0 Å². The maximum atomic E-state index is 12.4. The third-order valence-corrected chi connectivity index (χ3v) is 3.55. The first-order valence-corrected chi connectivity index (χ1v) is 7.42. The van der Waals surface area contributed by atoms with Gasteiger partial charge in [-0.25, -0.2) is 4.79 Å². The summed E-state index contributed by atoms with van der Waals surface area (Å²) in [5.74, 6) is -0.00645. The first kappa shape index (κ1) is 12.9. The smallest absolute Gasteiger partial charge is 0.343 e. The normalized spacial score (nSPS) is 13.0. The van der Waals surface area contributed by atoms with Crippen LogP contribution >= 0.6 is 0 Å². The summed E-state index contributed by atoms with van der Waals surface area (Å²) in [4.78, 5) is 17.0. The summed E-state index contributed by atoms with van der Waals surface area (Å²) in [6.07, 6.45) is 1.95. The highest BCUT2D eigenvalue weighted by molar-refractivity contribution is 5.96. The molecule has 0 saturated heterocycles. The first-order valence-electron chi connectivity index (χ1n) is 8.42. The largest absolute Gasteiger partial charge is 0.422 e. The molecular weight excluding hydrogens is 288 g/mol. The first-order chi connectivity index (χ1) is 11.9. The molecule has 0 bridgehead atoms. The number of carbonyl (C=O) groups is 1. The van der Waals surface area contributed by atoms with Crippen LogP contribution in [0.1, 0.15) is 18.7 Å². The van der Waals surface area contributed by atoms with Crippen molar-refractivity contribution in [1.82, 2.24) is 9.88 Å². The van der Waals surface area contributed by atoms with Crippen LogP contribution in [0.2, 0.25) is 0 Å². The van der Waals surface area contributed by atoms with Crippen molar-refractivity contribution < 1.29 is 12.3 Å². The van der Waals surface area contributed by atoms with Gasteiger partial charge in [-0.1, -0.05) is 24.3 Å². The number of fused-ring (bicyclic) bond motifs is 1. The van der Waals surface area contributed by atoms with Gasteiger partial charge in [-0.3, -0.25) is 0 Å². The number of aromatic amines is 1. The maximum Gasteiger partial charge on any atom is 0.343 e. The van der Waals surface area contributed by atoms with Gasteiger partial charge >= 0.3 is 5.97 Å². The van der Waals surface area contributed by atoms with Crippen LogP contribution in [0.25, 0.3) is 10.9 Å². The number of aromatic nitrogens is 1. The van der Waals surface area contributed by atoms with Crippen LogP contribution in [0.4, 0.5) is 0 Å². The second-order valence-corrected chi connectivity index (χ2v) is 5.48. The molecule has 0 radical (unpaired) electrons. The molecule has 0 aliphatic carbocycles. The fourth-order valence-corrected chi connectivity index (χ4v) is 2.42. The molecule has 0 amide bonds. The van der Waals surface area contributed by atoms with E-state index in [1.54, 1.807) is 56.7 Å². The quantitative estimate of drug-likeness (QED) is 0.579. The SMILES string of the molecule is [2H]C([2H])(Cc1c[nH]c2cccc(OC(=O)c3ccccc3)c12)N(C)C. The average molecular weight is 310 g/mol. The molecule has 1 N–H and O–H groups in total. The lowest BCUT2D eigenvalue weighted by molar-refractivity contribution is 0.0737. The van der Waals surface area contributed by atoms with Gasteiger partial charge in [-0.2, -0.15) is 0 Å². The Kier molecular flexibility index (Phi) is 3.74. The van der Waals surface area contributed by atoms with Gasteiger partial charge in [0.05, 0.1) is 5.56 Å². The minimum atomic E-state index is -1.51. The molecule has 0 spiro atoms. The lowest BCUT2D eigenvalue weighted by atomic mass is 10.1. The van der Waals surface area contributed by atoms with Gasteiger partial charge in [-0.05, 0) is 50.3 Å². The molecule has 1 heterocycles. The third-order valence-electron chi connectivity index (χ3n) is 3.55. The topological polar surface area (TPSA) is 45.3 Å². The lowest BCUT2D eigenvalue weighted by Gasteiger charge is -2.10. The Morgan fingerprint density at radius 1 is 1.17 bits per heavy atom. The second kappa shape index (κ2) is 6.67. The molecule has 3 rings (SSSR count). The number of esters is 1. The highest BCUT2D eigenvalue weighted by Gasteiger charge is 2.14. The van der Waals surface area contributed by atoms with Crippen LogP contribution in [-0.2, 0) is 6.42 Å². The molecule has 0 aliphatic rings. The number of nitrogens with zero attached hydrogens (tertiary/aromatic N) is 1. The molecule has 0 atom stereocenters. The van der Waals surface area contributed by atoms with Crippen LogP contribution in [0, 0.1) is 0 Å². The lowest BCUT2D eigenvalue weighted by Crippen LogP contribution is -2.15. The molecule has 0 unspecified atom stereocenters. The molecule has 2 aromatic carbocycles. The Morgan fingerprint density at radius 3 is 2.70 bits per heavy atom. The van der Waals surface area contributed by atoms with Crippen LogP contribution in [0.3, 0.4) is 0 Å². The van der Waals surface area contributed by atoms with Crippen molar-refractivity contribution in [2.45, 2.75) is 6.42 Å². The second-order valence-electron chi connectivity index (χ2n) is 5.48. The van der Waals surface area contributed by atoms with Crippen LogP contribution in [-0.4, -0.2) is 36.4 Å². The number of hydrogen-bond donors (Lipinski definition) is 1. The Labute approximate surface area is 138 Å². The van der Waals surface area contributed by atoms with E-state index in [4.69, 9.17) is 7.48 Å². The van der Waals surface area contributed by atoms with E-state index in [0.717, 1.165) is 16.5 Å². The number of H-pyrrole nitrogens is 1. The van der Waals surface area contributed by atoms with Crippen LogP contribution in [0.5, 0.6) is 5.75 Å². The summed E-state index contributed by atoms with van der Waals surface area (Å²) in [5, 5.41) is 0.734. The highest BCUT2D eigenvalue weighted by Crippen LogP contribution is 2.29. The number of hydrogen-bond acceptors (Lipinski definition) is 3. The average Bonchev–Trinajstić information content (AvgIpc) is 2.99. The summed E-state index contributed by atoms with van der Waals surface area (Å²) in [7, 11) is 3.40. The monoisotopic (exact) mass is 310 g/mol. The number of rotatable bonds is 5. The number of benzene rings is 2. The highest BCUT2D eigenvalue weighted by atomic mass is 16.5. The van der Waals surface area contributed by atoms with Gasteiger partial charge in [0, 0.05) is 26.3 Å². The van der Waals surface area contributed by atoms with Crippen LogP contribution < -0.4 is 4.74 Å². The molecule has 3 aromatic rings. The predicted molar refractivity (Wildman–Crippen MR) is 92.0 cm³/mol. The van der Waals surface area contributed by atoms with Gasteiger partial charge in [0.15, 0.2) is 0 Å². The molecule has 118 valence electrons. The fraction of sp³-hybridized carbons (Fsp3) is 0.211. The van der Waals surface area contributed by atoms with E-state index in [1.165, 1.54) is 4.90 Å². The van der Waals surface area contributed by atoms with E-state index in [0.29, 0.717) is 11.3 Å². The van der Waals surface area contributed by atoms with Crippen molar-refractivity contribution >= 4 is 16.9 Å². The number of nitrogens with one attached hydrogen (secondary N) is 1. The molecule has 0 aliphatic heterocycles. The minimum Gasteiger partial charge on any atom is -0.422 e. The molecular formula is C19H20N2O2. The number of ether oxygens (including phenoxy) is 1. The Balaban J connectivity index is 1.96. The van der Waals surface area contributed by atoms with Gasteiger partial charge in [0.25, 0.3) is 0 Å². The van der Waals surface area contributed by atoms with E-state index in [-0.39, 0.29) is 6.42 Å². The van der Waals surface area contributed by atoms with Crippen LogP contribution in [0.15, 0.2) is 54.7 Å². The minimum absolute atomic E-state index is 0.180. The zero-order valence-corrected chi connectivity index (χ0v) is 13.2. The van der Waals surface area contributed by atoms with E-state index >= 15 is 0 Å². The van der Waals surface area contributed by atoms with Gasteiger partial charge in [0.2, 0.25) is 0 Å². The Bertz CT molecular complexity index is 889. The van der Waals surface area contributed by atoms with Gasteiger partial charge in [0.1, 0.15) is 5.75 Å². The van der Waals surface area contributed by atoms with Crippen molar-refractivity contribution in [1.29, 1.82) is 0 Å². The Morgan fingerprint density at radius 2 is 1.96 bits per heavy atom. The van der Waals surface area contributed by atoms with E-state index in [1.807, 2.05) is 12.1 Å². The number of aryl methyl sites for hydroxylation is 1. The summed E-state index contributed by atoms with van der Waals surface area (Å²) >= 11 is 0. The number of carbonyl (C=O) groups excluding carboxylic acids is 1. The summed E-state index contributed by atoms with van der Waals surface area (Å²) in [6.45, 7) is -1.51. The Hall–Kier alpha value is -2.59. The summed E-state index contributed by atoms with van der Waals surface area (Å²) in [6, 6.07) is 14.2. The third kappa shape index (κ3) is 3.43. The van der Waals surface area contributed by atoms with Gasteiger partial charge in [-0.15, -0.1) is 0 Å². The fourth-order valence-electron chi connectivity index (χ4n) is 2.42. The molecule has 4 nitrogen and oxygen atoms in total. The molecule has 1 aromatic heterocycles. The molecule has 0 saturated carbocycles. The van der Waals surface area contributed by atoms with E-state index < -0.39 is 12.5 Å². The van der Waals surface area contributed by atoms with E-state index in [2.05, 4.69) is 4.98 Å². The van der Waals surface area contributed by atoms with Crippen molar-refractivity contribution in [3.05, 3.63) is 65.9 Å². The molecule has 4 heteroatoms. The van der Waals surface area contributed by atoms with Crippen molar-refractivity contribution in [3.8, 4) is 5.75 Å². The summed E-state index contributed by atoms with van der Waals surface area (Å²) < 4.78 is 21.9. The standard InChI is InChI=1S/C19H20N2O2/c1-21(2)12-11-15-13-20-16-9-6-10-17(18(15)16)23-19(22)14-7-4-3-5-8-14/h3-10,13,20H,11-12H2,1-2H3/i12D2. The zero-order valence-electron chi connectivity index (χ0n) is 15.2. The van der Waals surface area contributed by atoms with Crippen molar-refractivity contribution in [3.63, 3.8) is 0 Å². The van der Waals surface area contributed by atoms with E-state index in [9.17, 15) is 4.79 Å². The zero-order chi connectivity index (χ0) is 18.0. The predicted octanol–water partition coefficient (Wildman–Crippen LogP) is 3.49.